The Morgan fingerprint density at radius 1 is 1.15 bits per heavy atom. The average molecular weight is 600 g/mol. The van der Waals surface area contributed by atoms with Gasteiger partial charge in [-0.3, -0.25) is 28.0 Å². The van der Waals surface area contributed by atoms with E-state index in [0.717, 1.165) is 10.9 Å². The molecular weight excluding hydrogens is 576 g/mol. The molecule has 6 heterocycles. The number of hydrogen-bond acceptors (Lipinski definition) is 13. The normalized spacial score (nSPS) is 31.3. The number of nitrogens with one attached hydrogen (secondary N) is 1. The Hall–Kier alpha value is -3.14. The number of nitrogen functional groups attached to an aromatic ring is 2. The van der Waals surface area contributed by atoms with Gasteiger partial charge < -0.3 is 25.8 Å². The molecule has 0 bridgehead atoms. The van der Waals surface area contributed by atoms with Crippen molar-refractivity contribution >= 4 is 50.9 Å². The number of rotatable bonds is 3. The van der Waals surface area contributed by atoms with E-state index >= 15 is 8.78 Å². The number of imidazole rings is 2. The second kappa shape index (κ2) is 10.7. The van der Waals surface area contributed by atoms with Gasteiger partial charge in [0.1, 0.15) is 24.1 Å². The van der Waals surface area contributed by atoms with E-state index in [9.17, 15) is 14.5 Å². The summed E-state index contributed by atoms with van der Waals surface area (Å²) in [7, 11) is -3.52. The summed E-state index contributed by atoms with van der Waals surface area (Å²) in [6.45, 7) is -0.311. The highest BCUT2D eigenvalue weighted by molar-refractivity contribution is 7.38. The highest BCUT2D eigenvalue weighted by Crippen LogP contribution is 2.44. The molecule has 2 aliphatic rings. The van der Waals surface area contributed by atoms with Crippen LogP contribution in [0.3, 0.4) is 0 Å². The summed E-state index contributed by atoms with van der Waals surface area (Å²) in [6.07, 6.45) is -5.07. The summed E-state index contributed by atoms with van der Waals surface area (Å²) >= 11 is 0. The third kappa shape index (κ3) is 4.74. The Labute approximate surface area is 225 Å². The number of fused-ring (bicyclic) bond motifs is 3. The van der Waals surface area contributed by atoms with Gasteiger partial charge in [0, 0.05) is 5.92 Å². The van der Waals surface area contributed by atoms with Crippen LogP contribution in [0.15, 0.2) is 23.8 Å². The fraction of sp³-hybridized carbons (Fsp3) is 0.500. The summed E-state index contributed by atoms with van der Waals surface area (Å²) in [5, 5.41) is 11.0. The fourth-order valence-electron chi connectivity index (χ4n) is 4.87. The molecule has 0 saturated carbocycles. The number of aliphatic hydroxyl groups excluding tert-OH is 1. The van der Waals surface area contributed by atoms with Crippen LogP contribution in [0.1, 0.15) is 12.5 Å². The van der Waals surface area contributed by atoms with Crippen molar-refractivity contribution in [1.29, 1.82) is 0 Å². The average Bonchev–Trinajstić information content (AvgIpc) is 3.61. The van der Waals surface area contributed by atoms with Crippen molar-refractivity contribution < 1.29 is 32.2 Å². The summed E-state index contributed by atoms with van der Waals surface area (Å²) in [4.78, 5) is 34.4. The smallest absolute Gasteiger partial charge is 0.319 e. The van der Waals surface area contributed by atoms with Crippen molar-refractivity contribution in [1.82, 2.24) is 39.0 Å². The van der Waals surface area contributed by atoms with Crippen LogP contribution in [-0.2, 0) is 18.3 Å². The lowest BCUT2D eigenvalue weighted by Crippen LogP contribution is -2.35. The number of anilines is 2. The molecule has 9 atom stereocenters. The van der Waals surface area contributed by atoms with Crippen LogP contribution in [-0.4, -0.2) is 87.6 Å². The maximum Gasteiger partial charge on any atom is 0.319 e. The van der Waals surface area contributed by atoms with E-state index in [0.29, 0.717) is 5.52 Å². The van der Waals surface area contributed by atoms with Gasteiger partial charge in [-0.25, -0.2) is 28.7 Å². The Morgan fingerprint density at radius 3 is 2.77 bits per heavy atom. The lowest BCUT2D eigenvalue weighted by atomic mass is 10.0. The molecule has 2 aliphatic heterocycles. The van der Waals surface area contributed by atoms with Gasteiger partial charge in [-0.2, -0.15) is 4.98 Å². The van der Waals surface area contributed by atoms with E-state index in [1.54, 1.807) is 0 Å². The van der Waals surface area contributed by atoms with E-state index < -0.39 is 56.7 Å². The molecule has 214 valence electrons. The molecule has 20 heteroatoms. The lowest BCUT2D eigenvalue weighted by Gasteiger charge is -2.26. The molecular formula is C20H24F2N10O6P2. The highest BCUT2D eigenvalue weighted by Gasteiger charge is 2.47. The first-order valence-corrected chi connectivity index (χ1v) is 14.7. The number of aromatic nitrogens is 8. The van der Waals surface area contributed by atoms with E-state index in [-0.39, 0.29) is 56.1 Å². The first kappa shape index (κ1) is 27.1. The molecule has 4 aromatic heterocycles. The van der Waals surface area contributed by atoms with Gasteiger partial charge in [0.15, 0.2) is 41.3 Å². The Balaban J connectivity index is 1.22. The van der Waals surface area contributed by atoms with Crippen LogP contribution >= 0.6 is 16.8 Å². The van der Waals surface area contributed by atoms with Gasteiger partial charge in [-0.1, -0.05) is 0 Å². The number of alkyl halides is 2. The number of aliphatic hydroxyl groups is 1. The van der Waals surface area contributed by atoms with E-state index in [1.165, 1.54) is 17.2 Å². The SMILES string of the molecule is Nc1nc2c(ncn2[C@H](O)[C@@H]2O[PH](=O)OC[C@H]3O[C@@H](n4cnc5c(N)ncnc54)[C@@H](F)[C@@H]3CPCC2F)c(=O)[nH]1. The predicted molar refractivity (Wildman–Crippen MR) is 139 cm³/mol. The minimum Gasteiger partial charge on any atom is -0.382 e. The third-order valence-corrected chi connectivity index (χ3v) is 9.14. The van der Waals surface area contributed by atoms with Crippen molar-refractivity contribution in [3.8, 4) is 0 Å². The van der Waals surface area contributed by atoms with Crippen LogP contribution in [0, 0.1) is 5.92 Å². The monoisotopic (exact) mass is 600 g/mol. The minimum atomic E-state index is -3.41. The molecule has 4 aromatic rings. The summed E-state index contributed by atoms with van der Waals surface area (Å²) < 4.78 is 63.1. The molecule has 2 saturated heterocycles. The number of ether oxygens (including phenoxy) is 1. The Morgan fingerprint density at radius 2 is 1.95 bits per heavy atom. The number of H-pyrrole nitrogens is 1. The maximum atomic E-state index is 15.8. The second-order valence-electron chi connectivity index (χ2n) is 9.26. The number of nitrogens with two attached hydrogens (primary N) is 2. The number of halogens is 2. The molecule has 3 unspecified atom stereocenters. The predicted octanol–water partition coefficient (Wildman–Crippen LogP) is 0.288. The summed E-state index contributed by atoms with van der Waals surface area (Å²) in [5.74, 6) is -0.830. The molecule has 16 nitrogen and oxygen atoms in total. The summed E-state index contributed by atoms with van der Waals surface area (Å²) in [5.41, 5.74) is 11.1. The molecule has 6 N–H and O–H groups in total. The van der Waals surface area contributed by atoms with Crippen LogP contribution in [0.25, 0.3) is 22.3 Å². The molecule has 0 aromatic carbocycles. The second-order valence-corrected chi connectivity index (χ2v) is 11.6. The van der Waals surface area contributed by atoms with Gasteiger partial charge in [-0.15, -0.1) is 8.58 Å². The van der Waals surface area contributed by atoms with Crippen LogP contribution in [0.5, 0.6) is 0 Å². The first-order valence-electron chi connectivity index (χ1n) is 12.0. The van der Waals surface area contributed by atoms with Crippen molar-refractivity contribution in [2.45, 2.75) is 37.0 Å². The van der Waals surface area contributed by atoms with Crippen molar-refractivity contribution in [2.75, 3.05) is 30.4 Å². The molecule has 0 amide bonds. The van der Waals surface area contributed by atoms with Crippen molar-refractivity contribution in [2.24, 2.45) is 5.92 Å². The van der Waals surface area contributed by atoms with Gasteiger partial charge in [0.25, 0.3) is 5.56 Å². The van der Waals surface area contributed by atoms with Gasteiger partial charge in [0.05, 0.1) is 25.4 Å². The van der Waals surface area contributed by atoms with Gasteiger partial charge >= 0.3 is 8.25 Å². The molecule has 0 radical (unpaired) electrons. The molecule has 2 fully saturated rings. The minimum absolute atomic E-state index is 0.112. The number of nitrogens with zero attached hydrogens (tertiary/aromatic N) is 7. The topological polar surface area (TPSA) is 224 Å². The lowest BCUT2D eigenvalue weighted by molar-refractivity contribution is -0.0557. The Kier molecular flexibility index (Phi) is 7.23. The van der Waals surface area contributed by atoms with Crippen LogP contribution < -0.4 is 17.0 Å². The van der Waals surface area contributed by atoms with E-state index in [4.69, 9.17) is 25.3 Å². The van der Waals surface area contributed by atoms with Crippen LogP contribution in [0.4, 0.5) is 20.5 Å². The number of aromatic amines is 1. The zero-order valence-electron chi connectivity index (χ0n) is 20.4. The number of hydrogen-bond donors (Lipinski definition) is 4. The molecule has 0 spiro atoms. The Bertz CT molecular complexity index is 1640. The van der Waals surface area contributed by atoms with Crippen molar-refractivity contribution in [3.05, 3.63) is 29.3 Å². The van der Waals surface area contributed by atoms with Gasteiger partial charge in [0.2, 0.25) is 5.95 Å². The zero-order chi connectivity index (χ0) is 28.1. The quantitative estimate of drug-likeness (QED) is 0.232. The maximum absolute atomic E-state index is 15.8. The molecule has 6 rings (SSSR count). The fourth-order valence-corrected chi connectivity index (χ4v) is 7.23. The van der Waals surface area contributed by atoms with Gasteiger partial charge in [-0.05, 0) is 12.3 Å². The largest absolute Gasteiger partial charge is 0.382 e. The van der Waals surface area contributed by atoms with Crippen LogP contribution in [0.2, 0.25) is 0 Å². The molecule has 0 aliphatic carbocycles. The van der Waals surface area contributed by atoms with E-state index in [2.05, 4.69) is 29.9 Å². The zero-order valence-corrected chi connectivity index (χ0v) is 22.4. The summed E-state index contributed by atoms with van der Waals surface area (Å²) in [6, 6.07) is 0. The van der Waals surface area contributed by atoms with Crippen molar-refractivity contribution in [3.63, 3.8) is 0 Å². The molecule has 40 heavy (non-hydrogen) atoms. The first-order chi connectivity index (χ1) is 19.2. The third-order valence-electron chi connectivity index (χ3n) is 6.84. The van der Waals surface area contributed by atoms with E-state index in [1.807, 2.05) is 0 Å². The standard InChI is InChI=1S/C20H24F2N10O6P2/c21-8-3-39-2-7-9(37-19(10(7)22)32-6-27-11-14(23)25-4-26-15(11)32)1-36-40(35)38-13(8)18(34)31-5-28-12-16(31)29-20(24)30-17(12)33/h4-10,13,18-19,34,39-40H,1-3H2,(H2,23,25,26)(H3,24,29,30,33)/t7-,8?,9-,10+,13-,18-,19-/m1/s1. The highest BCUT2D eigenvalue weighted by atomic mass is 31.1.